The molecule has 0 saturated carbocycles. The molecule has 0 aliphatic heterocycles. The Morgan fingerprint density at radius 2 is 1.79 bits per heavy atom. The van der Waals surface area contributed by atoms with Crippen LogP contribution in [-0.4, -0.2) is 31.2 Å². The predicted molar refractivity (Wildman–Crippen MR) is 95.5 cm³/mol. The van der Waals surface area contributed by atoms with Gasteiger partial charge < -0.3 is 14.8 Å². The number of benzene rings is 1. The van der Waals surface area contributed by atoms with E-state index in [1.807, 2.05) is 56.4 Å². The van der Waals surface area contributed by atoms with Gasteiger partial charge in [-0.3, -0.25) is 0 Å². The van der Waals surface area contributed by atoms with Crippen molar-refractivity contribution < 1.29 is 14.3 Å². The molecule has 0 saturated heterocycles. The molecule has 1 heterocycles. The van der Waals surface area contributed by atoms with E-state index < -0.39 is 5.97 Å². The molecule has 0 aliphatic carbocycles. The Balaban J connectivity index is 2.23. The summed E-state index contributed by atoms with van der Waals surface area (Å²) in [5.74, 6) is 0.576. The van der Waals surface area contributed by atoms with Gasteiger partial charge in [-0.2, -0.15) is 0 Å². The maximum atomic E-state index is 11.9. The van der Waals surface area contributed by atoms with E-state index in [9.17, 15) is 4.79 Å². The van der Waals surface area contributed by atoms with Crippen molar-refractivity contribution in [2.45, 2.75) is 13.8 Å². The van der Waals surface area contributed by atoms with Gasteiger partial charge in [-0.25, -0.2) is 9.78 Å². The summed E-state index contributed by atoms with van der Waals surface area (Å²) in [6.45, 7) is 4.32. The van der Waals surface area contributed by atoms with Crippen LogP contribution in [0.3, 0.4) is 0 Å². The van der Waals surface area contributed by atoms with E-state index in [-0.39, 0.29) is 5.76 Å². The van der Waals surface area contributed by atoms with E-state index in [0.29, 0.717) is 13.2 Å². The van der Waals surface area contributed by atoms with Gasteiger partial charge in [0.2, 0.25) is 5.76 Å². The Morgan fingerprint density at radius 3 is 2.42 bits per heavy atom. The first-order chi connectivity index (χ1) is 11.7. The number of esters is 1. The maximum absolute atomic E-state index is 11.9. The molecule has 1 aromatic carbocycles. The van der Waals surface area contributed by atoms with Crippen LogP contribution in [0.4, 0.5) is 5.82 Å². The number of rotatable bonds is 7. The van der Waals surface area contributed by atoms with Gasteiger partial charge in [-0.15, -0.1) is 0 Å². The van der Waals surface area contributed by atoms with Crippen LogP contribution in [0.15, 0.2) is 48.2 Å². The molecular weight excluding hydrogens is 304 g/mol. The Bertz CT molecular complexity index is 709. The number of pyridine rings is 1. The van der Waals surface area contributed by atoms with Crippen LogP contribution < -0.4 is 5.32 Å². The number of aromatic nitrogens is 1. The lowest BCUT2D eigenvalue weighted by Crippen LogP contribution is -2.10. The van der Waals surface area contributed by atoms with Crippen LogP contribution in [0.5, 0.6) is 0 Å². The summed E-state index contributed by atoms with van der Waals surface area (Å²) < 4.78 is 10.4. The fourth-order valence-corrected chi connectivity index (χ4v) is 2.15. The summed E-state index contributed by atoms with van der Waals surface area (Å²) in [6.07, 6.45) is 1.68. The third-order valence-electron chi connectivity index (χ3n) is 3.29. The molecule has 0 fully saturated rings. The molecule has 2 rings (SSSR count). The number of hydrogen-bond donors (Lipinski definition) is 1. The average Bonchev–Trinajstić information content (AvgIpc) is 2.62. The highest BCUT2D eigenvalue weighted by Crippen LogP contribution is 2.20. The van der Waals surface area contributed by atoms with Crippen molar-refractivity contribution in [3.8, 4) is 11.3 Å². The molecule has 5 heteroatoms. The zero-order chi connectivity index (χ0) is 17.4. The quantitative estimate of drug-likeness (QED) is 0.477. The summed E-state index contributed by atoms with van der Waals surface area (Å²) in [5.41, 5.74) is 2.74. The fourth-order valence-electron chi connectivity index (χ4n) is 2.15. The standard InChI is InChI=1S/C19H22N2O3/c1-4-23-17(19(22)24-5-2)13-14-9-11-15(12-10-14)16-7-6-8-18(20-3)21-16/h6-13H,4-5H2,1-3H3,(H,20,21). The smallest absolute Gasteiger partial charge is 0.373 e. The van der Waals surface area contributed by atoms with Crippen LogP contribution in [0.2, 0.25) is 0 Å². The lowest BCUT2D eigenvalue weighted by Gasteiger charge is -2.08. The number of carbonyl (C=O) groups is 1. The van der Waals surface area contributed by atoms with Crippen molar-refractivity contribution >= 4 is 17.9 Å². The molecule has 24 heavy (non-hydrogen) atoms. The van der Waals surface area contributed by atoms with Crippen LogP contribution in [0.1, 0.15) is 19.4 Å². The summed E-state index contributed by atoms with van der Waals surface area (Å²) in [4.78, 5) is 16.4. The lowest BCUT2D eigenvalue weighted by atomic mass is 10.1. The molecule has 0 aliphatic rings. The van der Waals surface area contributed by atoms with Crippen LogP contribution in [0.25, 0.3) is 17.3 Å². The first kappa shape index (κ1) is 17.5. The number of anilines is 1. The van der Waals surface area contributed by atoms with E-state index in [4.69, 9.17) is 9.47 Å². The monoisotopic (exact) mass is 326 g/mol. The normalized spacial score (nSPS) is 11.0. The number of hydrogen-bond acceptors (Lipinski definition) is 5. The first-order valence-electron chi connectivity index (χ1n) is 7.94. The van der Waals surface area contributed by atoms with Gasteiger partial charge in [0.1, 0.15) is 5.82 Å². The van der Waals surface area contributed by atoms with Crippen molar-refractivity contribution in [1.29, 1.82) is 0 Å². The fraction of sp³-hybridized carbons (Fsp3) is 0.263. The summed E-state index contributed by atoms with van der Waals surface area (Å²) in [5, 5.41) is 3.02. The molecule has 1 aromatic heterocycles. The molecule has 2 aromatic rings. The second-order valence-electron chi connectivity index (χ2n) is 4.94. The average molecular weight is 326 g/mol. The van der Waals surface area contributed by atoms with Crippen LogP contribution in [0, 0.1) is 0 Å². The number of ether oxygens (including phenoxy) is 2. The van der Waals surface area contributed by atoms with Gasteiger partial charge in [0.25, 0.3) is 0 Å². The summed E-state index contributed by atoms with van der Waals surface area (Å²) >= 11 is 0. The van der Waals surface area contributed by atoms with Crippen molar-refractivity contribution in [2.75, 3.05) is 25.6 Å². The Hall–Kier alpha value is -2.82. The van der Waals surface area contributed by atoms with Gasteiger partial charge in [-0.1, -0.05) is 30.3 Å². The minimum atomic E-state index is -0.452. The minimum absolute atomic E-state index is 0.211. The van der Waals surface area contributed by atoms with E-state index >= 15 is 0 Å². The van der Waals surface area contributed by atoms with E-state index in [2.05, 4.69) is 10.3 Å². The highest BCUT2D eigenvalue weighted by molar-refractivity contribution is 5.91. The summed E-state index contributed by atoms with van der Waals surface area (Å²) in [6, 6.07) is 13.6. The van der Waals surface area contributed by atoms with Crippen LogP contribution in [-0.2, 0) is 14.3 Å². The molecule has 0 amide bonds. The van der Waals surface area contributed by atoms with Gasteiger partial charge >= 0.3 is 5.97 Å². The predicted octanol–water partition coefficient (Wildman–Crippen LogP) is 3.73. The second kappa shape index (κ2) is 8.72. The van der Waals surface area contributed by atoms with Gasteiger partial charge in [0, 0.05) is 12.6 Å². The SMILES string of the molecule is CCOC(=O)C(=Cc1ccc(-c2cccc(NC)n2)cc1)OCC. The highest BCUT2D eigenvalue weighted by atomic mass is 16.6. The highest BCUT2D eigenvalue weighted by Gasteiger charge is 2.11. The topological polar surface area (TPSA) is 60.5 Å². The molecule has 0 unspecified atom stereocenters. The van der Waals surface area contributed by atoms with Crippen molar-refractivity contribution in [2.24, 2.45) is 0 Å². The van der Waals surface area contributed by atoms with Gasteiger partial charge in [-0.05, 0) is 37.6 Å². The van der Waals surface area contributed by atoms with E-state index in [1.54, 1.807) is 13.0 Å². The number of nitrogens with zero attached hydrogens (tertiary/aromatic N) is 1. The first-order valence-corrected chi connectivity index (χ1v) is 7.94. The van der Waals surface area contributed by atoms with Gasteiger partial charge in [0.15, 0.2) is 0 Å². The molecule has 126 valence electrons. The summed E-state index contributed by atoms with van der Waals surface area (Å²) in [7, 11) is 1.84. The number of nitrogens with one attached hydrogen (secondary N) is 1. The Kier molecular flexibility index (Phi) is 6.37. The molecule has 5 nitrogen and oxygen atoms in total. The number of carbonyl (C=O) groups excluding carboxylic acids is 1. The van der Waals surface area contributed by atoms with Crippen molar-refractivity contribution in [3.05, 3.63) is 53.8 Å². The molecular formula is C19H22N2O3. The van der Waals surface area contributed by atoms with Crippen LogP contribution >= 0.6 is 0 Å². The Labute approximate surface area is 142 Å². The van der Waals surface area contributed by atoms with Crippen molar-refractivity contribution in [1.82, 2.24) is 4.98 Å². The zero-order valence-corrected chi connectivity index (χ0v) is 14.2. The maximum Gasteiger partial charge on any atom is 0.373 e. The van der Waals surface area contributed by atoms with E-state index in [0.717, 1.165) is 22.6 Å². The largest absolute Gasteiger partial charge is 0.487 e. The van der Waals surface area contributed by atoms with Crippen molar-refractivity contribution in [3.63, 3.8) is 0 Å². The molecule has 0 radical (unpaired) electrons. The third kappa shape index (κ3) is 4.59. The van der Waals surface area contributed by atoms with E-state index in [1.165, 1.54) is 0 Å². The molecule has 0 bridgehead atoms. The second-order valence-corrected chi connectivity index (χ2v) is 4.94. The minimum Gasteiger partial charge on any atom is -0.487 e. The lowest BCUT2D eigenvalue weighted by molar-refractivity contribution is -0.142. The molecule has 0 spiro atoms. The van der Waals surface area contributed by atoms with Gasteiger partial charge in [0.05, 0.1) is 18.9 Å². The Morgan fingerprint density at radius 1 is 1.08 bits per heavy atom. The molecule has 0 atom stereocenters. The zero-order valence-electron chi connectivity index (χ0n) is 14.2. The third-order valence-corrected chi connectivity index (χ3v) is 3.29. The molecule has 1 N–H and O–H groups in total.